The summed E-state index contributed by atoms with van der Waals surface area (Å²) in [5.41, 5.74) is 0.946. The first-order valence-electron chi connectivity index (χ1n) is 5.11. The van der Waals surface area contributed by atoms with Crippen LogP contribution in [0, 0.1) is 18.8 Å². The van der Waals surface area contributed by atoms with Gasteiger partial charge in [0.1, 0.15) is 11.5 Å². The minimum Gasteiger partial charge on any atom is -0.456 e. The van der Waals surface area contributed by atoms with Gasteiger partial charge in [-0.3, -0.25) is 0 Å². The van der Waals surface area contributed by atoms with E-state index in [2.05, 4.69) is 21.9 Å². The van der Waals surface area contributed by atoms with Crippen molar-refractivity contribution in [2.24, 2.45) is 0 Å². The van der Waals surface area contributed by atoms with Crippen molar-refractivity contribution in [3.8, 4) is 23.8 Å². The van der Waals surface area contributed by atoms with Crippen LogP contribution in [0.2, 0.25) is 0 Å². The number of halogens is 1. The Morgan fingerprint density at radius 1 is 1.12 bits per heavy atom. The lowest BCUT2D eigenvalue weighted by molar-refractivity contribution is 0.479. The first kappa shape index (κ1) is 11.8. The molecule has 1 radical (unpaired) electrons. The molecule has 0 aliphatic carbocycles. The van der Waals surface area contributed by atoms with E-state index < -0.39 is 0 Å². The van der Waals surface area contributed by atoms with Gasteiger partial charge in [-0.15, -0.1) is 6.42 Å². The topological polar surface area (TPSA) is 9.23 Å². The Morgan fingerprint density at radius 3 is 2.59 bits per heavy atom. The molecule has 2 aromatic carbocycles. The zero-order valence-electron chi connectivity index (χ0n) is 9.06. The standard InChI is InChI=1S/C15H10BrO/c1-2-6-12-9-10-14(16)15(11-12)17-13-7-4-3-5-8-13/h1,3-11H. The van der Waals surface area contributed by atoms with E-state index in [0.717, 1.165) is 21.5 Å². The van der Waals surface area contributed by atoms with Crippen molar-refractivity contribution in [2.75, 3.05) is 0 Å². The van der Waals surface area contributed by atoms with Crippen molar-refractivity contribution in [1.29, 1.82) is 0 Å². The Kier molecular flexibility index (Phi) is 3.85. The maximum Gasteiger partial charge on any atom is 0.141 e. The molecule has 0 bridgehead atoms. The molecule has 2 rings (SSSR count). The van der Waals surface area contributed by atoms with E-state index in [9.17, 15) is 0 Å². The van der Waals surface area contributed by atoms with Crippen molar-refractivity contribution in [3.63, 3.8) is 0 Å². The van der Waals surface area contributed by atoms with Crippen molar-refractivity contribution < 1.29 is 4.74 Å². The molecule has 0 aliphatic rings. The van der Waals surface area contributed by atoms with Crippen LogP contribution >= 0.6 is 15.9 Å². The summed E-state index contributed by atoms with van der Waals surface area (Å²) in [7, 11) is 0. The Balaban J connectivity index is 2.26. The summed E-state index contributed by atoms with van der Waals surface area (Å²) in [6.07, 6.45) is 6.94. The molecular formula is C15H10BrO. The highest BCUT2D eigenvalue weighted by Crippen LogP contribution is 2.30. The van der Waals surface area contributed by atoms with Gasteiger partial charge >= 0.3 is 0 Å². The minimum absolute atomic E-state index is 0.750. The summed E-state index contributed by atoms with van der Waals surface area (Å²) >= 11 is 3.45. The van der Waals surface area contributed by atoms with E-state index in [1.807, 2.05) is 48.5 Å². The van der Waals surface area contributed by atoms with E-state index in [4.69, 9.17) is 11.2 Å². The predicted molar refractivity (Wildman–Crippen MR) is 72.9 cm³/mol. The van der Waals surface area contributed by atoms with Crippen molar-refractivity contribution in [1.82, 2.24) is 0 Å². The Hall–Kier alpha value is -1.72. The summed E-state index contributed by atoms with van der Waals surface area (Å²) in [6.45, 7) is 0. The van der Waals surface area contributed by atoms with Crippen LogP contribution in [0.25, 0.3) is 0 Å². The van der Waals surface area contributed by atoms with Gasteiger partial charge in [0, 0.05) is 0 Å². The number of hydrogen-bond donors (Lipinski definition) is 0. The molecule has 0 heterocycles. The molecule has 17 heavy (non-hydrogen) atoms. The molecule has 0 spiro atoms. The quantitative estimate of drug-likeness (QED) is 0.758. The Bertz CT molecular complexity index is 541. The highest BCUT2D eigenvalue weighted by molar-refractivity contribution is 9.10. The third-order valence-corrected chi connectivity index (χ3v) is 2.83. The Labute approximate surface area is 110 Å². The van der Waals surface area contributed by atoms with Crippen molar-refractivity contribution >= 4 is 15.9 Å². The second-order valence-corrected chi connectivity index (χ2v) is 4.27. The monoisotopic (exact) mass is 285 g/mol. The van der Waals surface area contributed by atoms with Gasteiger partial charge in [0.25, 0.3) is 0 Å². The van der Waals surface area contributed by atoms with Gasteiger partial charge in [-0.1, -0.05) is 30.2 Å². The number of rotatable bonds is 3. The molecule has 0 amide bonds. The average Bonchev–Trinajstić information content (AvgIpc) is 2.35. The summed E-state index contributed by atoms with van der Waals surface area (Å²) < 4.78 is 6.66. The molecule has 0 saturated heterocycles. The molecule has 0 N–H and O–H groups in total. The van der Waals surface area contributed by atoms with Crippen LogP contribution in [0.5, 0.6) is 11.5 Å². The van der Waals surface area contributed by atoms with Gasteiger partial charge < -0.3 is 4.74 Å². The van der Waals surface area contributed by atoms with Gasteiger partial charge in [0.2, 0.25) is 0 Å². The number of para-hydroxylation sites is 1. The molecule has 0 fully saturated rings. The molecule has 1 nitrogen and oxygen atoms in total. The normalized spacial score (nSPS) is 9.65. The molecule has 0 aromatic heterocycles. The molecule has 2 aromatic rings. The summed E-state index contributed by atoms with van der Waals surface area (Å²) in [4.78, 5) is 0. The molecule has 83 valence electrons. The number of benzene rings is 2. The van der Waals surface area contributed by atoms with E-state index in [-0.39, 0.29) is 0 Å². The molecule has 2 heteroatoms. The van der Waals surface area contributed by atoms with E-state index in [1.54, 1.807) is 6.42 Å². The van der Waals surface area contributed by atoms with Gasteiger partial charge in [-0.2, -0.15) is 0 Å². The maximum absolute atomic E-state index is 5.76. The molecular weight excluding hydrogens is 276 g/mol. The van der Waals surface area contributed by atoms with Crippen LogP contribution in [-0.2, 0) is 0 Å². The van der Waals surface area contributed by atoms with Gasteiger partial charge in [0.05, 0.1) is 10.9 Å². The smallest absolute Gasteiger partial charge is 0.141 e. The SMILES string of the molecule is C#C[CH]c1ccc(Br)c(Oc2ccccc2)c1. The van der Waals surface area contributed by atoms with Gasteiger partial charge in [0.15, 0.2) is 0 Å². The largest absolute Gasteiger partial charge is 0.456 e. The first-order chi connectivity index (χ1) is 8.29. The van der Waals surface area contributed by atoms with E-state index in [0.29, 0.717) is 0 Å². The highest BCUT2D eigenvalue weighted by Gasteiger charge is 2.04. The van der Waals surface area contributed by atoms with Crippen LogP contribution in [0.15, 0.2) is 53.0 Å². The third kappa shape index (κ3) is 3.12. The summed E-state index contributed by atoms with van der Waals surface area (Å²) in [6, 6.07) is 15.4. The maximum atomic E-state index is 5.76. The molecule has 0 unspecified atom stereocenters. The van der Waals surface area contributed by atoms with E-state index in [1.165, 1.54) is 0 Å². The zero-order valence-corrected chi connectivity index (χ0v) is 10.6. The lowest BCUT2D eigenvalue weighted by atomic mass is 10.1. The number of ether oxygens (including phenoxy) is 1. The van der Waals surface area contributed by atoms with Crippen LogP contribution < -0.4 is 4.74 Å². The summed E-state index contributed by atoms with van der Waals surface area (Å²) in [5, 5.41) is 0. The van der Waals surface area contributed by atoms with Gasteiger partial charge in [-0.25, -0.2) is 0 Å². The number of terminal acetylenes is 1. The van der Waals surface area contributed by atoms with Crippen LogP contribution in [0.1, 0.15) is 5.56 Å². The molecule has 0 aliphatic heterocycles. The summed E-state index contributed by atoms with van der Waals surface area (Å²) in [5.74, 6) is 4.05. The fourth-order valence-electron chi connectivity index (χ4n) is 1.40. The van der Waals surface area contributed by atoms with Crippen LogP contribution in [-0.4, -0.2) is 0 Å². The fraction of sp³-hybridized carbons (Fsp3) is 0. The zero-order chi connectivity index (χ0) is 12.1. The van der Waals surface area contributed by atoms with Gasteiger partial charge in [-0.05, 0) is 45.8 Å². The van der Waals surface area contributed by atoms with Crippen LogP contribution in [0.4, 0.5) is 0 Å². The van der Waals surface area contributed by atoms with E-state index >= 15 is 0 Å². The average molecular weight is 286 g/mol. The third-order valence-electron chi connectivity index (χ3n) is 2.18. The second kappa shape index (κ2) is 5.56. The predicted octanol–water partition coefficient (Wildman–Crippen LogP) is 4.43. The minimum atomic E-state index is 0.750. The lowest BCUT2D eigenvalue weighted by Crippen LogP contribution is -1.87. The Morgan fingerprint density at radius 2 is 1.88 bits per heavy atom. The number of hydrogen-bond acceptors (Lipinski definition) is 1. The van der Waals surface area contributed by atoms with Crippen molar-refractivity contribution in [2.45, 2.75) is 0 Å². The highest BCUT2D eigenvalue weighted by atomic mass is 79.9. The lowest BCUT2D eigenvalue weighted by Gasteiger charge is -2.08. The molecule has 0 atom stereocenters. The fourth-order valence-corrected chi connectivity index (χ4v) is 1.73. The second-order valence-electron chi connectivity index (χ2n) is 3.42. The van der Waals surface area contributed by atoms with Crippen LogP contribution in [0.3, 0.4) is 0 Å². The van der Waals surface area contributed by atoms with Crippen molar-refractivity contribution in [3.05, 3.63) is 65.0 Å². The first-order valence-corrected chi connectivity index (χ1v) is 5.90. The molecule has 0 saturated carbocycles.